The van der Waals surface area contributed by atoms with Gasteiger partial charge in [-0.25, -0.2) is 4.98 Å². The van der Waals surface area contributed by atoms with Crippen LogP contribution in [-0.2, 0) is 22.4 Å². The highest BCUT2D eigenvalue weighted by Gasteiger charge is 2.16. The van der Waals surface area contributed by atoms with Crippen LogP contribution in [0.5, 0.6) is 11.5 Å². The van der Waals surface area contributed by atoms with Crippen molar-refractivity contribution in [1.82, 2.24) is 9.97 Å². The molecule has 1 aliphatic rings. The number of ether oxygens (including phenoxy) is 2. The number of H-pyrrole nitrogens is 1. The van der Waals surface area contributed by atoms with Gasteiger partial charge in [-0.3, -0.25) is 9.59 Å². The molecule has 3 aromatic rings. The first-order valence-corrected chi connectivity index (χ1v) is 10.7. The third-order valence-electron chi connectivity index (χ3n) is 4.85. The lowest BCUT2D eigenvalue weighted by molar-refractivity contribution is -0.142. The molecule has 0 radical (unpaired) electrons. The van der Waals surface area contributed by atoms with Crippen LogP contribution < -0.4 is 10.1 Å². The molecular formula is C24H22ClN3O4. The number of anilines is 1. The molecule has 164 valence electrons. The number of aromatic nitrogens is 2. The number of esters is 1. The summed E-state index contributed by atoms with van der Waals surface area (Å²) >= 11 is 6.30. The second-order valence-electron chi connectivity index (χ2n) is 7.22. The summed E-state index contributed by atoms with van der Waals surface area (Å²) in [5.41, 5.74) is 3.15. The van der Waals surface area contributed by atoms with Gasteiger partial charge in [0.1, 0.15) is 11.5 Å². The maximum Gasteiger partial charge on any atom is 0.310 e. The van der Waals surface area contributed by atoms with E-state index in [0.717, 1.165) is 29.8 Å². The Balaban J connectivity index is 1.37. The van der Waals surface area contributed by atoms with Gasteiger partial charge < -0.3 is 19.8 Å². The minimum Gasteiger partial charge on any atom is -0.466 e. The van der Waals surface area contributed by atoms with Gasteiger partial charge in [0.2, 0.25) is 0 Å². The number of amides is 1. The quantitative estimate of drug-likeness (QED) is 0.483. The maximum atomic E-state index is 12.5. The standard InChI is InChI=1S/C24H22ClN3O4/c1-2-31-22(29)14-15-7-12-21(18(25)13-15)32-17-10-8-16(9-11-17)26-24(30)23-27-19-5-3-4-6-20(19)28-23/h3,5,7-13H,2,4,6,14H2,1H3,(H,26,30)(H,27,28). The molecule has 2 aromatic carbocycles. The van der Waals surface area contributed by atoms with Crippen LogP contribution >= 0.6 is 11.6 Å². The van der Waals surface area contributed by atoms with E-state index < -0.39 is 0 Å². The molecule has 0 fully saturated rings. The number of aromatic amines is 1. The molecule has 0 aliphatic heterocycles. The van der Waals surface area contributed by atoms with Crippen LogP contribution in [0.15, 0.2) is 48.5 Å². The van der Waals surface area contributed by atoms with Gasteiger partial charge in [-0.1, -0.05) is 23.7 Å². The number of nitrogens with one attached hydrogen (secondary N) is 2. The molecule has 32 heavy (non-hydrogen) atoms. The van der Waals surface area contributed by atoms with Crippen molar-refractivity contribution in [2.24, 2.45) is 0 Å². The Kier molecular flexibility index (Phi) is 6.56. The zero-order chi connectivity index (χ0) is 22.5. The Bertz CT molecular complexity index is 1170. The number of imidazole rings is 1. The zero-order valence-corrected chi connectivity index (χ0v) is 18.2. The molecule has 0 atom stereocenters. The average molecular weight is 452 g/mol. The lowest BCUT2D eigenvalue weighted by Gasteiger charge is -2.10. The summed E-state index contributed by atoms with van der Waals surface area (Å²) in [4.78, 5) is 31.5. The minimum absolute atomic E-state index is 0.150. The van der Waals surface area contributed by atoms with E-state index in [2.05, 4.69) is 15.3 Å². The van der Waals surface area contributed by atoms with E-state index in [1.54, 1.807) is 49.4 Å². The van der Waals surface area contributed by atoms with Crippen molar-refractivity contribution in [2.75, 3.05) is 11.9 Å². The topological polar surface area (TPSA) is 93.3 Å². The number of carbonyl (C=O) groups excluding carboxylic acids is 2. The molecule has 1 aliphatic carbocycles. The Hall–Kier alpha value is -3.58. The predicted octanol–water partition coefficient (Wildman–Crippen LogP) is 5.17. The molecule has 1 aromatic heterocycles. The van der Waals surface area contributed by atoms with Crippen molar-refractivity contribution in [3.8, 4) is 11.5 Å². The SMILES string of the molecule is CCOC(=O)Cc1ccc(Oc2ccc(NC(=O)c3nc4c([nH]3)CCC=C4)cc2)c(Cl)c1. The fraction of sp³-hybridized carbons (Fsp3) is 0.208. The Morgan fingerprint density at radius 3 is 2.72 bits per heavy atom. The molecule has 0 unspecified atom stereocenters. The molecule has 1 amide bonds. The van der Waals surface area contributed by atoms with E-state index in [-0.39, 0.29) is 24.1 Å². The van der Waals surface area contributed by atoms with E-state index >= 15 is 0 Å². The molecule has 4 rings (SSSR count). The summed E-state index contributed by atoms with van der Waals surface area (Å²) < 4.78 is 10.8. The summed E-state index contributed by atoms with van der Waals surface area (Å²) in [6, 6.07) is 12.1. The molecule has 7 nitrogen and oxygen atoms in total. The van der Waals surface area contributed by atoms with Crippen LogP contribution in [0.4, 0.5) is 5.69 Å². The fourth-order valence-electron chi connectivity index (χ4n) is 3.32. The van der Waals surface area contributed by atoms with Crippen molar-refractivity contribution in [2.45, 2.75) is 26.2 Å². The number of benzene rings is 2. The lowest BCUT2D eigenvalue weighted by atomic mass is 10.1. The van der Waals surface area contributed by atoms with Crippen LogP contribution in [0.25, 0.3) is 6.08 Å². The smallest absolute Gasteiger partial charge is 0.310 e. The van der Waals surface area contributed by atoms with E-state index in [4.69, 9.17) is 21.1 Å². The Morgan fingerprint density at radius 1 is 1.19 bits per heavy atom. The van der Waals surface area contributed by atoms with Gasteiger partial charge in [0, 0.05) is 11.4 Å². The molecule has 0 saturated heterocycles. The van der Waals surface area contributed by atoms with Gasteiger partial charge in [-0.05, 0) is 67.8 Å². The van der Waals surface area contributed by atoms with Crippen molar-refractivity contribution >= 4 is 35.2 Å². The number of nitrogens with zero attached hydrogens (tertiary/aromatic N) is 1. The Labute approximate surface area is 190 Å². The third kappa shape index (κ3) is 5.18. The molecule has 1 heterocycles. The van der Waals surface area contributed by atoms with E-state index in [9.17, 15) is 9.59 Å². The minimum atomic E-state index is -0.305. The van der Waals surface area contributed by atoms with Crippen LogP contribution in [0, 0.1) is 0 Å². The van der Waals surface area contributed by atoms with Crippen LogP contribution in [0.3, 0.4) is 0 Å². The largest absolute Gasteiger partial charge is 0.466 e. The monoisotopic (exact) mass is 451 g/mol. The lowest BCUT2D eigenvalue weighted by Crippen LogP contribution is -2.13. The van der Waals surface area contributed by atoms with Gasteiger partial charge >= 0.3 is 5.97 Å². The first-order chi connectivity index (χ1) is 15.5. The molecular weight excluding hydrogens is 430 g/mol. The van der Waals surface area contributed by atoms with Crippen molar-refractivity contribution in [3.63, 3.8) is 0 Å². The van der Waals surface area contributed by atoms with Crippen molar-refractivity contribution in [3.05, 3.63) is 76.3 Å². The average Bonchev–Trinajstić information content (AvgIpc) is 3.22. The van der Waals surface area contributed by atoms with Gasteiger partial charge in [0.25, 0.3) is 5.91 Å². The normalized spacial score (nSPS) is 12.2. The number of carbonyl (C=O) groups is 2. The molecule has 0 saturated carbocycles. The molecule has 0 bridgehead atoms. The van der Waals surface area contributed by atoms with E-state index in [0.29, 0.717) is 28.8 Å². The zero-order valence-electron chi connectivity index (χ0n) is 17.5. The van der Waals surface area contributed by atoms with E-state index in [1.165, 1.54) is 0 Å². The highest BCUT2D eigenvalue weighted by Crippen LogP contribution is 2.31. The summed E-state index contributed by atoms with van der Waals surface area (Å²) in [7, 11) is 0. The summed E-state index contributed by atoms with van der Waals surface area (Å²) in [6.07, 6.45) is 5.91. The number of fused-ring (bicyclic) bond motifs is 1. The van der Waals surface area contributed by atoms with Crippen LogP contribution in [0.2, 0.25) is 5.02 Å². The van der Waals surface area contributed by atoms with Gasteiger partial charge in [0.05, 0.1) is 23.7 Å². The predicted molar refractivity (Wildman–Crippen MR) is 122 cm³/mol. The van der Waals surface area contributed by atoms with Crippen LogP contribution in [0.1, 0.15) is 40.9 Å². The second-order valence-corrected chi connectivity index (χ2v) is 7.62. The van der Waals surface area contributed by atoms with Crippen LogP contribution in [-0.4, -0.2) is 28.5 Å². The third-order valence-corrected chi connectivity index (χ3v) is 5.15. The summed E-state index contributed by atoms with van der Waals surface area (Å²) in [5, 5.41) is 3.21. The first-order valence-electron chi connectivity index (χ1n) is 10.3. The van der Waals surface area contributed by atoms with Crippen molar-refractivity contribution < 1.29 is 19.1 Å². The highest BCUT2D eigenvalue weighted by atomic mass is 35.5. The van der Waals surface area contributed by atoms with Gasteiger partial charge in [-0.15, -0.1) is 0 Å². The van der Waals surface area contributed by atoms with Crippen molar-refractivity contribution in [1.29, 1.82) is 0 Å². The van der Waals surface area contributed by atoms with Gasteiger partial charge in [-0.2, -0.15) is 0 Å². The number of allylic oxidation sites excluding steroid dienone is 1. The molecule has 2 N–H and O–H groups in total. The number of aryl methyl sites for hydroxylation is 1. The highest BCUT2D eigenvalue weighted by molar-refractivity contribution is 6.32. The maximum absolute atomic E-state index is 12.5. The molecule has 0 spiro atoms. The van der Waals surface area contributed by atoms with E-state index in [1.807, 2.05) is 12.2 Å². The van der Waals surface area contributed by atoms with Gasteiger partial charge in [0.15, 0.2) is 5.82 Å². The number of rotatable bonds is 7. The second kappa shape index (κ2) is 9.70. The number of hydrogen-bond donors (Lipinski definition) is 2. The fourth-order valence-corrected chi connectivity index (χ4v) is 3.56. The number of halogens is 1. The summed E-state index contributed by atoms with van der Waals surface area (Å²) in [5.74, 6) is 0.700. The first kappa shape index (κ1) is 21.6. The number of hydrogen-bond acceptors (Lipinski definition) is 5. The molecule has 8 heteroatoms. The summed E-state index contributed by atoms with van der Waals surface area (Å²) in [6.45, 7) is 2.10. The Morgan fingerprint density at radius 2 is 2.00 bits per heavy atom.